The Bertz CT molecular complexity index is 881. The fraction of sp³-hybridized carbons (Fsp3) is 0.200. The third kappa shape index (κ3) is 2.31. The van der Waals surface area contributed by atoms with Crippen molar-refractivity contribution in [2.75, 3.05) is 32.2 Å². The van der Waals surface area contributed by atoms with E-state index in [0.717, 1.165) is 20.6 Å². The molecule has 0 radical (unpaired) electrons. The second-order valence-electron chi connectivity index (χ2n) is 5.04. The van der Waals surface area contributed by atoms with Crippen LogP contribution in [0.4, 0.5) is 15.8 Å². The quantitative estimate of drug-likeness (QED) is 0.412. The van der Waals surface area contributed by atoms with Crippen LogP contribution in [0.5, 0.6) is 0 Å². The number of halogens is 1. The van der Waals surface area contributed by atoms with E-state index < -0.39 is 0 Å². The van der Waals surface area contributed by atoms with Crippen molar-refractivity contribution in [2.45, 2.75) is 0 Å². The molecule has 108 valence electrons. The van der Waals surface area contributed by atoms with Crippen LogP contribution in [0.2, 0.25) is 0 Å². The highest BCUT2D eigenvalue weighted by atomic mass is 32.1. The zero-order valence-corrected chi connectivity index (χ0v) is 12.9. The normalized spacial score (nSPS) is 11.0. The van der Waals surface area contributed by atoms with Crippen molar-refractivity contribution in [1.82, 2.24) is 9.56 Å². The van der Waals surface area contributed by atoms with Gasteiger partial charge in [0.05, 0.1) is 26.5 Å². The van der Waals surface area contributed by atoms with Gasteiger partial charge >= 0.3 is 0 Å². The van der Waals surface area contributed by atoms with E-state index in [1.807, 2.05) is 30.8 Å². The van der Waals surface area contributed by atoms with Gasteiger partial charge in [0.25, 0.3) is 0 Å². The van der Waals surface area contributed by atoms with Gasteiger partial charge in [-0.2, -0.15) is 0 Å². The van der Waals surface area contributed by atoms with Crippen LogP contribution >= 0.6 is 11.3 Å². The third-order valence-electron chi connectivity index (χ3n) is 3.38. The smallest absolute Gasteiger partial charge is 0.203 e. The first-order chi connectivity index (χ1) is 9.99. The number of nitrogens with one attached hydrogen (secondary N) is 1. The molecule has 0 bridgehead atoms. The predicted octanol–water partition coefficient (Wildman–Crippen LogP) is 2.20. The summed E-state index contributed by atoms with van der Waals surface area (Å²) in [5.41, 5.74) is 8.50. The molecule has 0 saturated heterocycles. The van der Waals surface area contributed by atoms with E-state index in [2.05, 4.69) is 10.3 Å². The van der Waals surface area contributed by atoms with Crippen LogP contribution in [0.25, 0.3) is 20.8 Å². The molecule has 4 nitrogen and oxygen atoms in total. The minimum atomic E-state index is -0.312. The van der Waals surface area contributed by atoms with Crippen molar-refractivity contribution >= 4 is 32.9 Å². The number of nitrogen functional groups attached to an aromatic ring is 1. The van der Waals surface area contributed by atoms with E-state index in [9.17, 15) is 4.39 Å². The van der Waals surface area contributed by atoms with Crippen molar-refractivity contribution in [3.05, 3.63) is 35.4 Å². The second-order valence-corrected chi connectivity index (χ2v) is 6.12. The molecule has 0 atom stereocenters. The van der Waals surface area contributed by atoms with Gasteiger partial charge in [-0.3, -0.25) is 0 Å². The van der Waals surface area contributed by atoms with Crippen LogP contribution in [0.3, 0.4) is 0 Å². The molecule has 1 aliphatic heterocycles. The Morgan fingerprint density at radius 3 is 2.67 bits per heavy atom. The predicted molar refractivity (Wildman–Crippen MR) is 87.3 cm³/mol. The molecule has 1 aromatic carbocycles. The minimum absolute atomic E-state index is 0.312. The van der Waals surface area contributed by atoms with Gasteiger partial charge in [0.1, 0.15) is 25.6 Å². The van der Waals surface area contributed by atoms with Gasteiger partial charge in [-0.1, -0.05) is 0 Å². The molecule has 0 unspecified atom stereocenters. The van der Waals surface area contributed by atoms with E-state index in [1.165, 1.54) is 6.07 Å². The van der Waals surface area contributed by atoms with Gasteiger partial charge < -0.3 is 11.1 Å². The summed E-state index contributed by atoms with van der Waals surface area (Å²) >= 11 is 1.56. The van der Waals surface area contributed by atoms with E-state index in [0.29, 0.717) is 16.9 Å². The monoisotopic (exact) mass is 303 g/mol. The third-order valence-corrected chi connectivity index (χ3v) is 4.45. The molecular weight excluding hydrogens is 287 g/mol. The fourth-order valence-electron chi connectivity index (χ4n) is 2.21. The Morgan fingerprint density at radius 1 is 1.24 bits per heavy atom. The summed E-state index contributed by atoms with van der Waals surface area (Å²) in [5.74, 6) is -0.312. The summed E-state index contributed by atoms with van der Waals surface area (Å²) in [7, 11) is 5.63. The Balaban J connectivity index is 2.42. The van der Waals surface area contributed by atoms with Crippen molar-refractivity contribution in [2.24, 2.45) is 0 Å². The summed E-state index contributed by atoms with van der Waals surface area (Å²) in [6.45, 7) is 0. The molecule has 21 heavy (non-hydrogen) atoms. The van der Waals surface area contributed by atoms with Crippen LogP contribution in [0.15, 0.2) is 24.3 Å². The molecular formula is C15H16FN4S+. The Labute approximate surface area is 125 Å². The zero-order chi connectivity index (χ0) is 15.1. The highest BCUT2D eigenvalue weighted by Gasteiger charge is 2.14. The number of nitrogens with zero attached hydrogens (tertiary/aromatic N) is 2. The first-order valence-corrected chi connectivity index (χ1v) is 7.33. The molecule has 0 saturated carbocycles. The molecule has 1 heterocycles. The largest absolute Gasteiger partial charge is 0.397 e. The summed E-state index contributed by atoms with van der Waals surface area (Å²) in [6.07, 6.45) is 0. The molecule has 0 amide bonds. The second kappa shape index (κ2) is 4.96. The summed E-state index contributed by atoms with van der Waals surface area (Å²) in [4.78, 5) is 5.50. The van der Waals surface area contributed by atoms with Gasteiger partial charge in [0.2, 0.25) is 5.36 Å². The van der Waals surface area contributed by atoms with Crippen LogP contribution in [0.1, 0.15) is 0 Å². The highest BCUT2D eigenvalue weighted by molar-refractivity contribution is 7.21. The van der Waals surface area contributed by atoms with Crippen LogP contribution < -0.4 is 21.0 Å². The maximum atomic E-state index is 13.9. The van der Waals surface area contributed by atoms with Crippen molar-refractivity contribution in [3.63, 3.8) is 0 Å². The van der Waals surface area contributed by atoms with E-state index in [4.69, 9.17) is 5.73 Å². The van der Waals surface area contributed by atoms with Crippen molar-refractivity contribution < 1.29 is 4.39 Å². The fourth-order valence-corrected chi connectivity index (χ4v) is 3.28. The van der Waals surface area contributed by atoms with E-state index in [1.54, 1.807) is 24.5 Å². The van der Waals surface area contributed by atoms with Gasteiger partial charge in [-0.25, -0.2) is 13.9 Å². The SMILES string of the molecule is CNc1cc2sc3cc(=[N+](C)C)cc(N)c-3nc2cc1F. The lowest BCUT2D eigenvalue weighted by Gasteiger charge is -2.10. The maximum absolute atomic E-state index is 13.9. The van der Waals surface area contributed by atoms with E-state index >= 15 is 0 Å². The van der Waals surface area contributed by atoms with Crippen molar-refractivity contribution in [1.29, 1.82) is 0 Å². The van der Waals surface area contributed by atoms with Crippen LogP contribution in [-0.2, 0) is 0 Å². The number of anilines is 2. The number of nitrogens with two attached hydrogens (primary N) is 1. The lowest BCUT2D eigenvalue weighted by atomic mass is 10.2. The molecule has 2 aliphatic rings. The van der Waals surface area contributed by atoms with Crippen molar-refractivity contribution in [3.8, 4) is 10.6 Å². The first kappa shape index (κ1) is 13.8. The first-order valence-electron chi connectivity index (χ1n) is 6.51. The molecule has 1 aliphatic carbocycles. The lowest BCUT2D eigenvalue weighted by Crippen LogP contribution is -2.22. The van der Waals surface area contributed by atoms with Crippen LogP contribution in [0, 0.1) is 5.82 Å². The van der Waals surface area contributed by atoms with Crippen LogP contribution in [-0.4, -0.2) is 26.1 Å². The lowest BCUT2D eigenvalue weighted by molar-refractivity contribution is 0.633. The highest BCUT2D eigenvalue weighted by Crippen LogP contribution is 2.34. The zero-order valence-electron chi connectivity index (χ0n) is 12.1. The molecule has 3 N–H and O–H groups in total. The number of aromatic nitrogens is 1. The average molecular weight is 303 g/mol. The van der Waals surface area contributed by atoms with E-state index in [-0.39, 0.29) is 5.82 Å². The van der Waals surface area contributed by atoms with Gasteiger partial charge in [-0.15, -0.1) is 11.3 Å². The molecule has 0 fully saturated rings. The topological polar surface area (TPSA) is 54.0 Å². The summed E-state index contributed by atoms with van der Waals surface area (Å²) < 4.78 is 16.8. The molecule has 0 spiro atoms. The number of rotatable bonds is 1. The average Bonchev–Trinajstić information content (AvgIpc) is 2.45. The number of benzene rings is 2. The maximum Gasteiger partial charge on any atom is 0.203 e. The Hall–Kier alpha value is -2.21. The standard InChI is InChI=1S/C15H15FN4S/c1-18-11-7-13-12(6-9(11)16)19-15-10(17)4-8(20(2)3)5-14(15)21-13/h4-7H,1-3H3,(H2,17,18)/p+1. The molecule has 3 rings (SSSR count). The number of hydrogen-bond acceptors (Lipinski definition) is 4. The number of fused-ring (bicyclic) bond motifs is 2. The number of hydrogen-bond donors (Lipinski definition) is 2. The molecule has 0 aromatic heterocycles. The Morgan fingerprint density at radius 2 is 2.00 bits per heavy atom. The minimum Gasteiger partial charge on any atom is -0.397 e. The van der Waals surface area contributed by atoms with Gasteiger partial charge in [-0.05, 0) is 6.07 Å². The summed E-state index contributed by atoms with van der Waals surface area (Å²) in [5, 5.41) is 3.87. The van der Waals surface area contributed by atoms with Gasteiger partial charge in [0, 0.05) is 25.2 Å². The summed E-state index contributed by atoms with van der Waals surface area (Å²) in [6, 6.07) is 7.15. The Kier molecular flexibility index (Phi) is 3.25. The van der Waals surface area contributed by atoms with Gasteiger partial charge in [0.15, 0.2) is 0 Å². The molecule has 1 aromatic rings. The molecule has 6 heteroatoms.